The molecule has 6 nitrogen and oxygen atoms in total. The van der Waals surface area contributed by atoms with E-state index in [1.54, 1.807) is 11.7 Å². The van der Waals surface area contributed by atoms with Crippen molar-refractivity contribution in [2.24, 2.45) is 0 Å². The average molecular weight is 316 g/mol. The van der Waals surface area contributed by atoms with Crippen LogP contribution < -0.4 is 5.48 Å². The number of fused-ring (bicyclic) bond motifs is 1. The van der Waals surface area contributed by atoms with Crippen LogP contribution in [0.15, 0.2) is 12.3 Å². The quantitative estimate of drug-likeness (QED) is 0.633. The first-order chi connectivity index (χ1) is 11.1. The summed E-state index contributed by atoms with van der Waals surface area (Å²) in [6, 6.07) is 2.51. The molecule has 1 aliphatic carbocycles. The second kappa shape index (κ2) is 5.54. The first kappa shape index (κ1) is 15.1. The number of likely N-dealkylation sites (tertiary alicyclic amines) is 1. The Bertz CT molecular complexity index is 635. The van der Waals surface area contributed by atoms with E-state index >= 15 is 0 Å². The maximum atomic E-state index is 11.5. The SMILES string of the molecule is CN1CCC[C@]12CC[C@@H]2N1CCc2cc(C(=O)NO)cnc2C1. The van der Waals surface area contributed by atoms with Gasteiger partial charge in [-0.3, -0.25) is 24.8 Å². The number of carbonyl (C=O) groups excluding carboxylic acids is 1. The summed E-state index contributed by atoms with van der Waals surface area (Å²) in [6.07, 6.45) is 7.72. The molecule has 23 heavy (non-hydrogen) atoms. The van der Waals surface area contributed by atoms with Crippen molar-refractivity contribution in [1.29, 1.82) is 0 Å². The van der Waals surface area contributed by atoms with Gasteiger partial charge in [0.2, 0.25) is 0 Å². The van der Waals surface area contributed by atoms with Crippen molar-refractivity contribution in [3.63, 3.8) is 0 Å². The van der Waals surface area contributed by atoms with Gasteiger partial charge < -0.3 is 0 Å². The van der Waals surface area contributed by atoms with Crippen LogP contribution in [0.5, 0.6) is 0 Å². The van der Waals surface area contributed by atoms with Crippen molar-refractivity contribution in [2.45, 2.75) is 50.2 Å². The van der Waals surface area contributed by atoms with Crippen molar-refractivity contribution in [1.82, 2.24) is 20.3 Å². The van der Waals surface area contributed by atoms with Gasteiger partial charge in [0.25, 0.3) is 5.91 Å². The fourth-order valence-corrected chi connectivity index (χ4v) is 4.79. The van der Waals surface area contributed by atoms with Gasteiger partial charge in [-0.1, -0.05) is 0 Å². The van der Waals surface area contributed by atoms with E-state index in [2.05, 4.69) is 21.8 Å². The van der Waals surface area contributed by atoms with Crippen LogP contribution in [0.2, 0.25) is 0 Å². The topological polar surface area (TPSA) is 68.7 Å². The van der Waals surface area contributed by atoms with Gasteiger partial charge in [0.15, 0.2) is 0 Å². The van der Waals surface area contributed by atoms with Crippen molar-refractivity contribution >= 4 is 5.91 Å². The van der Waals surface area contributed by atoms with E-state index in [-0.39, 0.29) is 0 Å². The Morgan fingerprint density at radius 1 is 1.43 bits per heavy atom. The van der Waals surface area contributed by atoms with E-state index < -0.39 is 5.91 Å². The first-order valence-electron chi connectivity index (χ1n) is 8.51. The first-order valence-corrected chi connectivity index (χ1v) is 8.51. The molecular formula is C17H24N4O2. The lowest BCUT2D eigenvalue weighted by Crippen LogP contribution is -2.65. The van der Waals surface area contributed by atoms with E-state index in [1.165, 1.54) is 32.2 Å². The molecule has 1 saturated carbocycles. The molecule has 1 saturated heterocycles. The van der Waals surface area contributed by atoms with Crippen molar-refractivity contribution in [3.8, 4) is 0 Å². The maximum Gasteiger partial charge on any atom is 0.276 e. The molecule has 6 heteroatoms. The number of nitrogens with zero attached hydrogens (tertiary/aromatic N) is 3. The molecule has 2 N–H and O–H groups in total. The van der Waals surface area contributed by atoms with Crippen LogP contribution in [0, 0.1) is 0 Å². The van der Waals surface area contributed by atoms with Crippen LogP contribution in [-0.2, 0) is 13.0 Å². The Labute approximate surface area is 136 Å². The highest BCUT2D eigenvalue weighted by Crippen LogP contribution is 2.48. The van der Waals surface area contributed by atoms with Gasteiger partial charge in [-0.05, 0) is 57.3 Å². The highest BCUT2D eigenvalue weighted by molar-refractivity contribution is 5.93. The summed E-state index contributed by atoms with van der Waals surface area (Å²) >= 11 is 0. The third-order valence-electron chi connectivity index (χ3n) is 6.22. The molecule has 124 valence electrons. The summed E-state index contributed by atoms with van der Waals surface area (Å²) < 4.78 is 0. The van der Waals surface area contributed by atoms with Crippen LogP contribution >= 0.6 is 0 Å². The second-order valence-corrected chi connectivity index (χ2v) is 7.17. The smallest absolute Gasteiger partial charge is 0.276 e. The Kier molecular flexibility index (Phi) is 3.63. The Morgan fingerprint density at radius 3 is 2.96 bits per heavy atom. The minimum absolute atomic E-state index is 0.397. The van der Waals surface area contributed by atoms with E-state index in [9.17, 15) is 4.79 Å². The number of aromatic nitrogens is 1. The summed E-state index contributed by atoms with van der Waals surface area (Å²) in [5, 5.41) is 8.75. The average Bonchev–Trinajstić information content (AvgIpc) is 2.96. The number of amides is 1. The standard InChI is InChI=1S/C17H24N4O2/c1-20-7-2-5-17(20)6-3-15(17)21-8-4-12-9-13(16(22)19-23)10-18-14(12)11-21/h9-10,15,23H,2-8,11H2,1H3,(H,19,22)/t15-,17+/m0/s1. The van der Waals surface area contributed by atoms with Gasteiger partial charge in [-0.25, -0.2) is 5.48 Å². The molecule has 0 radical (unpaired) electrons. The maximum absolute atomic E-state index is 11.5. The zero-order valence-corrected chi connectivity index (χ0v) is 13.6. The van der Waals surface area contributed by atoms with Crippen LogP contribution in [-0.4, -0.2) is 57.6 Å². The second-order valence-electron chi connectivity index (χ2n) is 7.17. The van der Waals surface area contributed by atoms with Gasteiger partial charge in [0.05, 0.1) is 11.3 Å². The fraction of sp³-hybridized carbons (Fsp3) is 0.647. The Morgan fingerprint density at radius 2 is 2.30 bits per heavy atom. The molecule has 3 aliphatic rings. The van der Waals surface area contributed by atoms with Crippen molar-refractivity contribution in [2.75, 3.05) is 20.1 Å². The number of carbonyl (C=O) groups is 1. The van der Waals surface area contributed by atoms with E-state index in [1.807, 2.05) is 6.07 Å². The highest BCUT2D eigenvalue weighted by atomic mass is 16.5. The van der Waals surface area contributed by atoms with Crippen LogP contribution in [0.25, 0.3) is 0 Å². The molecule has 3 heterocycles. The lowest BCUT2D eigenvalue weighted by Gasteiger charge is -2.56. The van der Waals surface area contributed by atoms with Gasteiger partial charge in [0, 0.05) is 30.9 Å². The molecule has 1 amide bonds. The summed E-state index contributed by atoms with van der Waals surface area (Å²) in [6.45, 7) is 3.12. The van der Waals surface area contributed by atoms with Crippen LogP contribution in [0.4, 0.5) is 0 Å². The summed E-state index contributed by atoms with van der Waals surface area (Å²) in [5.74, 6) is -0.492. The number of nitrogens with one attached hydrogen (secondary N) is 1. The number of hydrogen-bond donors (Lipinski definition) is 2. The lowest BCUT2D eigenvalue weighted by atomic mass is 9.68. The van der Waals surface area contributed by atoms with E-state index in [0.29, 0.717) is 17.1 Å². The molecule has 2 fully saturated rings. The van der Waals surface area contributed by atoms with E-state index in [4.69, 9.17) is 5.21 Å². The summed E-state index contributed by atoms with van der Waals surface area (Å²) in [5.41, 5.74) is 4.71. The fourth-order valence-electron chi connectivity index (χ4n) is 4.79. The molecule has 1 spiro atoms. The molecule has 0 bridgehead atoms. The Balaban J connectivity index is 1.52. The van der Waals surface area contributed by atoms with E-state index in [0.717, 1.165) is 30.8 Å². The molecule has 1 aromatic rings. The molecule has 4 rings (SSSR count). The molecule has 0 aromatic carbocycles. The summed E-state index contributed by atoms with van der Waals surface area (Å²) in [4.78, 5) is 21.2. The largest absolute Gasteiger partial charge is 0.299 e. The van der Waals surface area contributed by atoms with Gasteiger partial charge in [-0.2, -0.15) is 0 Å². The van der Waals surface area contributed by atoms with Gasteiger partial charge in [-0.15, -0.1) is 0 Å². The van der Waals surface area contributed by atoms with Crippen molar-refractivity contribution < 1.29 is 10.0 Å². The monoisotopic (exact) mass is 316 g/mol. The molecule has 1 aromatic heterocycles. The minimum Gasteiger partial charge on any atom is -0.299 e. The number of rotatable bonds is 2. The van der Waals surface area contributed by atoms with Gasteiger partial charge in [0.1, 0.15) is 0 Å². The molecular weight excluding hydrogens is 292 g/mol. The highest BCUT2D eigenvalue weighted by Gasteiger charge is 2.54. The zero-order valence-electron chi connectivity index (χ0n) is 13.6. The molecule has 2 atom stereocenters. The predicted molar refractivity (Wildman–Crippen MR) is 85.2 cm³/mol. The third-order valence-corrected chi connectivity index (χ3v) is 6.22. The van der Waals surface area contributed by atoms with Crippen LogP contribution in [0.3, 0.4) is 0 Å². The van der Waals surface area contributed by atoms with Gasteiger partial charge >= 0.3 is 0 Å². The number of hydrogen-bond acceptors (Lipinski definition) is 5. The molecule has 0 unspecified atom stereocenters. The number of pyridine rings is 1. The lowest BCUT2D eigenvalue weighted by molar-refractivity contribution is -0.0465. The molecule has 2 aliphatic heterocycles. The predicted octanol–water partition coefficient (Wildman–Crippen LogP) is 1.19. The Hall–Kier alpha value is -1.50. The summed E-state index contributed by atoms with van der Waals surface area (Å²) in [7, 11) is 2.27. The van der Waals surface area contributed by atoms with Crippen molar-refractivity contribution in [3.05, 3.63) is 29.1 Å². The minimum atomic E-state index is -0.492. The zero-order chi connectivity index (χ0) is 16.0. The third kappa shape index (κ3) is 2.28. The number of hydroxylamine groups is 1. The normalized spacial score (nSPS) is 31.0. The number of likely N-dealkylation sites (N-methyl/N-ethyl adjacent to an activating group) is 1. The van der Waals surface area contributed by atoms with Crippen LogP contribution in [0.1, 0.15) is 47.3 Å².